The van der Waals surface area contributed by atoms with E-state index in [0.29, 0.717) is 22.4 Å². The third kappa shape index (κ3) is 5.73. The van der Waals surface area contributed by atoms with E-state index in [-0.39, 0.29) is 46.6 Å². The predicted octanol–water partition coefficient (Wildman–Crippen LogP) is 7.15. The molecule has 2 aliphatic rings. The number of anilines is 1. The number of hydrogen-bond donors (Lipinski definition) is 1. The van der Waals surface area contributed by atoms with Crippen molar-refractivity contribution in [3.8, 4) is 11.5 Å². The van der Waals surface area contributed by atoms with Crippen LogP contribution in [-0.2, 0) is 16.1 Å². The molecule has 1 fully saturated rings. The quantitative estimate of drug-likeness (QED) is 0.308. The number of amides is 2. The van der Waals surface area contributed by atoms with Crippen molar-refractivity contribution in [2.45, 2.75) is 32.1 Å². The summed E-state index contributed by atoms with van der Waals surface area (Å²) in [6.45, 7) is 4.38. The van der Waals surface area contributed by atoms with Gasteiger partial charge in [-0.3, -0.25) is 14.5 Å². The molecular formula is C27H22Cl3N3O4S. The van der Waals surface area contributed by atoms with Gasteiger partial charge in [-0.15, -0.1) is 0 Å². The molecule has 0 saturated carbocycles. The first kappa shape index (κ1) is 26.7. The Hall–Kier alpha value is -2.91. The maximum absolute atomic E-state index is 13.6. The van der Waals surface area contributed by atoms with Gasteiger partial charge in [0.05, 0.1) is 33.0 Å². The number of rotatable bonds is 6. The molecule has 0 unspecified atom stereocenters. The van der Waals surface area contributed by atoms with E-state index in [1.807, 2.05) is 50.2 Å². The van der Waals surface area contributed by atoms with Crippen LogP contribution in [0.4, 0.5) is 11.4 Å². The third-order valence-corrected chi connectivity index (χ3v) is 8.24. The van der Waals surface area contributed by atoms with Gasteiger partial charge in [-0.05, 0) is 60.9 Å². The lowest BCUT2D eigenvalue weighted by Gasteiger charge is -2.17. The zero-order valence-electron chi connectivity index (χ0n) is 20.4. The molecule has 196 valence electrons. The first-order chi connectivity index (χ1) is 18.2. The Morgan fingerprint density at radius 1 is 1.03 bits per heavy atom. The average Bonchev–Trinajstić information content (AvgIpc) is 3.45. The molecule has 7 nitrogen and oxygen atoms in total. The number of hydrogen-bond acceptors (Lipinski definition) is 6. The van der Waals surface area contributed by atoms with E-state index in [2.05, 4.69) is 5.32 Å². The highest BCUT2D eigenvalue weighted by Crippen LogP contribution is 2.37. The molecule has 0 aliphatic carbocycles. The second-order valence-electron chi connectivity index (χ2n) is 8.90. The summed E-state index contributed by atoms with van der Waals surface area (Å²) in [5.74, 6) is 0.694. The Morgan fingerprint density at radius 2 is 1.79 bits per heavy atom. The number of nitrogens with zero attached hydrogens (tertiary/aromatic N) is 2. The van der Waals surface area contributed by atoms with E-state index in [0.717, 1.165) is 22.4 Å². The highest BCUT2D eigenvalue weighted by Gasteiger charge is 2.39. The molecule has 1 atom stereocenters. The van der Waals surface area contributed by atoms with E-state index in [4.69, 9.17) is 49.3 Å². The molecule has 2 amide bonds. The van der Waals surface area contributed by atoms with Crippen molar-refractivity contribution in [2.75, 3.05) is 12.1 Å². The average molecular weight is 591 g/mol. The van der Waals surface area contributed by atoms with Crippen molar-refractivity contribution in [1.29, 1.82) is 0 Å². The van der Waals surface area contributed by atoms with Crippen molar-refractivity contribution in [3.63, 3.8) is 0 Å². The van der Waals surface area contributed by atoms with Crippen molar-refractivity contribution in [1.82, 2.24) is 4.90 Å². The molecule has 3 aromatic carbocycles. The normalized spacial score (nSPS) is 17.4. The van der Waals surface area contributed by atoms with Crippen LogP contribution in [0, 0.1) is 13.8 Å². The van der Waals surface area contributed by atoms with E-state index in [9.17, 15) is 9.59 Å². The van der Waals surface area contributed by atoms with Crippen LogP contribution in [0.1, 0.15) is 23.1 Å². The minimum absolute atomic E-state index is 0.0798. The molecule has 5 rings (SSSR count). The smallest absolute Gasteiger partial charge is 0.242 e. The molecule has 2 aliphatic heterocycles. The van der Waals surface area contributed by atoms with Crippen LogP contribution in [0.2, 0.25) is 15.1 Å². The van der Waals surface area contributed by atoms with Crippen LogP contribution in [0.3, 0.4) is 0 Å². The van der Waals surface area contributed by atoms with Gasteiger partial charge >= 0.3 is 0 Å². The van der Waals surface area contributed by atoms with Crippen LogP contribution in [0.25, 0.3) is 0 Å². The Balaban J connectivity index is 1.40. The van der Waals surface area contributed by atoms with Gasteiger partial charge in [0.1, 0.15) is 5.25 Å². The lowest BCUT2D eigenvalue weighted by molar-refractivity contribution is -0.128. The summed E-state index contributed by atoms with van der Waals surface area (Å²) in [4.78, 5) is 32.9. The molecule has 0 aromatic heterocycles. The Labute approximate surface area is 239 Å². The number of ether oxygens (including phenoxy) is 2. The maximum atomic E-state index is 13.6. The van der Waals surface area contributed by atoms with Crippen LogP contribution in [0.15, 0.2) is 53.5 Å². The molecule has 1 saturated heterocycles. The van der Waals surface area contributed by atoms with Gasteiger partial charge in [0.15, 0.2) is 16.7 Å². The molecule has 0 spiro atoms. The number of aryl methyl sites for hydroxylation is 2. The lowest BCUT2D eigenvalue weighted by Crippen LogP contribution is -2.33. The predicted molar refractivity (Wildman–Crippen MR) is 152 cm³/mol. The largest absolute Gasteiger partial charge is 0.454 e. The molecule has 2 heterocycles. The van der Waals surface area contributed by atoms with E-state index < -0.39 is 5.25 Å². The fraction of sp³-hybridized carbons (Fsp3) is 0.222. The van der Waals surface area contributed by atoms with E-state index >= 15 is 0 Å². The Bertz CT molecular complexity index is 1480. The number of aliphatic imine (C=N–C) groups is 1. The standard InChI is InChI=1S/C27H22Cl3N3O4S/c1-14-3-4-15(2)20(7-14)32-27-33(12-16-5-6-22-23(8-16)37-13-36-22)26(35)24(38-27)11-25(34)31-21-10-18(29)17(28)9-19(21)30/h3-10,24H,11-13H2,1-2H3,(H,31,34)/t24-/m0/s1. The van der Waals surface area contributed by atoms with Gasteiger partial charge in [-0.2, -0.15) is 0 Å². The molecule has 38 heavy (non-hydrogen) atoms. The summed E-state index contributed by atoms with van der Waals surface area (Å²) in [6.07, 6.45) is -0.0798. The van der Waals surface area contributed by atoms with Crippen molar-refractivity contribution in [2.24, 2.45) is 4.99 Å². The van der Waals surface area contributed by atoms with Crippen LogP contribution in [-0.4, -0.2) is 33.9 Å². The maximum Gasteiger partial charge on any atom is 0.242 e. The minimum atomic E-state index is -0.672. The van der Waals surface area contributed by atoms with Gasteiger partial charge in [0.2, 0.25) is 18.6 Å². The molecular weight excluding hydrogens is 569 g/mol. The number of nitrogens with one attached hydrogen (secondary N) is 1. The number of amidine groups is 1. The number of thioether (sulfide) groups is 1. The van der Waals surface area contributed by atoms with Gasteiger partial charge in [-0.1, -0.05) is 64.8 Å². The van der Waals surface area contributed by atoms with Crippen LogP contribution >= 0.6 is 46.6 Å². The fourth-order valence-corrected chi connectivity index (χ4v) is 5.77. The van der Waals surface area contributed by atoms with E-state index in [1.165, 1.54) is 23.9 Å². The monoisotopic (exact) mass is 589 g/mol. The number of fused-ring (bicyclic) bond motifs is 1. The Kier molecular flexibility index (Phi) is 7.77. The fourth-order valence-electron chi connectivity index (χ4n) is 4.02. The summed E-state index contributed by atoms with van der Waals surface area (Å²) in [5, 5.41) is 3.37. The SMILES string of the molecule is Cc1ccc(C)c(N=C2S[C@@H](CC(=O)Nc3cc(Cl)c(Cl)cc3Cl)C(=O)N2Cc2ccc3c(c2)OCO3)c1. The first-order valence-electron chi connectivity index (χ1n) is 11.6. The number of carbonyl (C=O) groups excluding carboxylic acids is 2. The highest BCUT2D eigenvalue weighted by molar-refractivity contribution is 8.15. The van der Waals surface area contributed by atoms with E-state index in [1.54, 1.807) is 4.90 Å². The summed E-state index contributed by atoms with van der Waals surface area (Å²) < 4.78 is 10.9. The summed E-state index contributed by atoms with van der Waals surface area (Å²) >= 11 is 19.5. The molecule has 0 bridgehead atoms. The second-order valence-corrected chi connectivity index (χ2v) is 11.3. The van der Waals surface area contributed by atoms with Crippen LogP contribution < -0.4 is 14.8 Å². The number of halogens is 3. The lowest BCUT2D eigenvalue weighted by atomic mass is 10.1. The van der Waals surface area contributed by atoms with Crippen molar-refractivity contribution >= 4 is 74.9 Å². The highest BCUT2D eigenvalue weighted by atomic mass is 35.5. The molecule has 11 heteroatoms. The van der Waals surface area contributed by atoms with Crippen LogP contribution in [0.5, 0.6) is 11.5 Å². The zero-order valence-corrected chi connectivity index (χ0v) is 23.5. The first-order valence-corrected chi connectivity index (χ1v) is 13.7. The summed E-state index contributed by atoms with van der Waals surface area (Å²) in [6, 6.07) is 14.5. The zero-order chi connectivity index (χ0) is 27.0. The third-order valence-electron chi connectivity index (χ3n) is 6.03. The number of carbonyl (C=O) groups is 2. The van der Waals surface area contributed by atoms with Gasteiger partial charge in [-0.25, -0.2) is 4.99 Å². The topological polar surface area (TPSA) is 80.2 Å². The second kappa shape index (κ2) is 11.1. The summed E-state index contributed by atoms with van der Waals surface area (Å²) in [7, 11) is 0. The molecule has 3 aromatic rings. The minimum Gasteiger partial charge on any atom is -0.454 e. The molecule has 1 N–H and O–H groups in total. The van der Waals surface area contributed by atoms with Gasteiger partial charge < -0.3 is 14.8 Å². The molecule has 0 radical (unpaired) electrons. The van der Waals surface area contributed by atoms with Gasteiger partial charge in [0.25, 0.3) is 0 Å². The Morgan fingerprint density at radius 3 is 2.61 bits per heavy atom. The summed E-state index contributed by atoms with van der Waals surface area (Å²) in [5.41, 5.74) is 3.98. The van der Waals surface area contributed by atoms with Crippen molar-refractivity contribution < 1.29 is 19.1 Å². The van der Waals surface area contributed by atoms with Crippen molar-refractivity contribution in [3.05, 3.63) is 80.3 Å². The number of benzene rings is 3. The van der Waals surface area contributed by atoms with Gasteiger partial charge in [0, 0.05) is 6.42 Å².